The molecule has 1 rings (SSSR count). The Balaban J connectivity index is 2.94. The number of halogens is 1. The summed E-state index contributed by atoms with van der Waals surface area (Å²) in [5.74, 6) is 0. The predicted octanol–water partition coefficient (Wildman–Crippen LogP) is 3.13. The minimum absolute atomic E-state index is 0.133. The molecule has 3 nitrogen and oxygen atoms in total. The Morgan fingerprint density at radius 1 is 1.47 bits per heavy atom. The Kier molecular flexibility index (Phi) is 4.80. The average molecular weight is 253 g/mol. The normalized spacial score (nSPS) is 13.9. The van der Waals surface area contributed by atoms with Gasteiger partial charge in [-0.15, -0.1) is 0 Å². The highest BCUT2D eigenvalue weighted by Gasteiger charge is 2.12. The fourth-order valence-corrected chi connectivity index (χ4v) is 1.93. The van der Waals surface area contributed by atoms with Gasteiger partial charge in [0.1, 0.15) is 0 Å². The molecule has 0 saturated carbocycles. The molecule has 0 fully saturated rings. The van der Waals surface area contributed by atoms with E-state index in [1.165, 1.54) is 0 Å². The fourth-order valence-electron chi connectivity index (χ4n) is 1.60. The van der Waals surface area contributed by atoms with Crippen LogP contribution >= 0.6 is 11.6 Å². The van der Waals surface area contributed by atoms with Crippen LogP contribution in [0.1, 0.15) is 31.9 Å². The van der Waals surface area contributed by atoms with Crippen LogP contribution in [0, 0.1) is 11.3 Å². The van der Waals surface area contributed by atoms with E-state index in [4.69, 9.17) is 16.9 Å². The first kappa shape index (κ1) is 13.8. The average Bonchev–Trinajstić information content (AvgIpc) is 2.27. The zero-order chi connectivity index (χ0) is 13.0. The van der Waals surface area contributed by atoms with Crippen molar-refractivity contribution < 1.29 is 5.11 Å². The first-order valence-corrected chi connectivity index (χ1v) is 5.92. The Morgan fingerprint density at radius 2 is 2.12 bits per heavy atom. The van der Waals surface area contributed by atoms with E-state index in [1.807, 2.05) is 37.1 Å². The molecule has 2 unspecified atom stereocenters. The Hall–Kier alpha value is -1.24. The highest BCUT2D eigenvalue weighted by Crippen LogP contribution is 2.28. The molecule has 0 radical (unpaired) electrons. The summed E-state index contributed by atoms with van der Waals surface area (Å²) in [6, 6.07) is 7.82. The fraction of sp³-hybridized carbons (Fsp3) is 0.462. The van der Waals surface area contributed by atoms with Crippen LogP contribution in [0.15, 0.2) is 18.2 Å². The van der Waals surface area contributed by atoms with Gasteiger partial charge in [0.2, 0.25) is 0 Å². The first-order valence-electron chi connectivity index (χ1n) is 5.54. The minimum atomic E-state index is -0.571. The van der Waals surface area contributed by atoms with Gasteiger partial charge in [-0.1, -0.05) is 17.7 Å². The number of hydrogen-bond acceptors (Lipinski definition) is 3. The van der Waals surface area contributed by atoms with Crippen molar-refractivity contribution in [2.24, 2.45) is 0 Å². The molecular formula is C13H17ClN2O. The Labute approximate surface area is 107 Å². The summed E-state index contributed by atoms with van der Waals surface area (Å²) in [7, 11) is 1.93. The number of aliphatic hydroxyl groups excluding tert-OH is 1. The topological polar surface area (TPSA) is 47.3 Å². The molecule has 0 saturated heterocycles. The van der Waals surface area contributed by atoms with Gasteiger partial charge in [0.05, 0.1) is 18.6 Å². The summed E-state index contributed by atoms with van der Waals surface area (Å²) in [5, 5.41) is 18.7. The lowest BCUT2D eigenvalue weighted by molar-refractivity contribution is 0.199. The molecule has 0 spiro atoms. The molecule has 0 aliphatic rings. The monoisotopic (exact) mass is 252 g/mol. The third kappa shape index (κ3) is 3.36. The van der Waals surface area contributed by atoms with Crippen LogP contribution in [0.3, 0.4) is 0 Å². The van der Waals surface area contributed by atoms with Gasteiger partial charge in [0, 0.05) is 23.8 Å². The number of rotatable bonds is 4. The molecule has 2 atom stereocenters. The second-order valence-electron chi connectivity index (χ2n) is 4.20. The van der Waals surface area contributed by atoms with Crippen LogP contribution in [0.2, 0.25) is 5.02 Å². The highest BCUT2D eigenvalue weighted by molar-refractivity contribution is 6.31. The highest BCUT2D eigenvalue weighted by atomic mass is 35.5. The van der Waals surface area contributed by atoms with Crippen molar-refractivity contribution >= 4 is 17.3 Å². The molecule has 4 heteroatoms. The van der Waals surface area contributed by atoms with Crippen LogP contribution in [0.4, 0.5) is 5.69 Å². The maximum absolute atomic E-state index is 9.49. The molecule has 0 aliphatic heterocycles. The van der Waals surface area contributed by atoms with Crippen molar-refractivity contribution in [2.75, 3.05) is 11.9 Å². The van der Waals surface area contributed by atoms with Crippen LogP contribution in [-0.4, -0.2) is 18.2 Å². The molecule has 17 heavy (non-hydrogen) atoms. The zero-order valence-corrected chi connectivity index (χ0v) is 11.1. The summed E-state index contributed by atoms with van der Waals surface area (Å²) in [6.07, 6.45) is -0.106. The number of aliphatic hydroxyl groups is 1. The van der Waals surface area contributed by atoms with E-state index in [1.54, 1.807) is 6.92 Å². The zero-order valence-electron chi connectivity index (χ0n) is 10.3. The number of nitriles is 1. The quantitative estimate of drug-likeness (QED) is 0.896. The summed E-state index contributed by atoms with van der Waals surface area (Å²) in [4.78, 5) is 2.00. The lowest BCUT2D eigenvalue weighted by Gasteiger charge is -2.26. The van der Waals surface area contributed by atoms with E-state index in [-0.39, 0.29) is 6.04 Å². The SMILES string of the molecule is CC(O)c1ccc(N(C)C(C)CC#N)cc1Cl. The second kappa shape index (κ2) is 5.90. The molecule has 0 aromatic heterocycles. The predicted molar refractivity (Wildman–Crippen MR) is 70.2 cm³/mol. The third-order valence-electron chi connectivity index (χ3n) is 2.89. The number of hydrogen-bond donors (Lipinski definition) is 1. The molecule has 1 aromatic rings. The maximum Gasteiger partial charge on any atom is 0.0776 e. The van der Waals surface area contributed by atoms with Crippen LogP contribution in [-0.2, 0) is 0 Å². The number of nitrogens with zero attached hydrogens (tertiary/aromatic N) is 2. The molecular weight excluding hydrogens is 236 g/mol. The van der Waals surface area contributed by atoms with E-state index in [0.29, 0.717) is 11.4 Å². The molecule has 1 N–H and O–H groups in total. The van der Waals surface area contributed by atoms with Gasteiger partial charge < -0.3 is 10.0 Å². The van der Waals surface area contributed by atoms with Crippen molar-refractivity contribution in [2.45, 2.75) is 32.4 Å². The molecule has 0 bridgehead atoms. The van der Waals surface area contributed by atoms with E-state index in [2.05, 4.69) is 6.07 Å². The van der Waals surface area contributed by atoms with Gasteiger partial charge in [0.15, 0.2) is 0 Å². The minimum Gasteiger partial charge on any atom is -0.389 e. The first-order chi connectivity index (χ1) is 7.97. The molecule has 92 valence electrons. The maximum atomic E-state index is 9.49. The largest absolute Gasteiger partial charge is 0.389 e. The summed E-state index contributed by atoms with van der Waals surface area (Å²) in [6.45, 7) is 3.67. The second-order valence-corrected chi connectivity index (χ2v) is 4.61. The van der Waals surface area contributed by atoms with Crippen molar-refractivity contribution in [3.8, 4) is 6.07 Å². The van der Waals surface area contributed by atoms with Gasteiger partial charge in [0.25, 0.3) is 0 Å². The van der Waals surface area contributed by atoms with Gasteiger partial charge in [-0.2, -0.15) is 5.26 Å². The summed E-state index contributed by atoms with van der Waals surface area (Å²) >= 11 is 6.10. The van der Waals surface area contributed by atoms with Crippen molar-refractivity contribution in [3.05, 3.63) is 28.8 Å². The summed E-state index contributed by atoms with van der Waals surface area (Å²) < 4.78 is 0. The van der Waals surface area contributed by atoms with Crippen molar-refractivity contribution in [1.29, 1.82) is 5.26 Å². The molecule has 0 amide bonds. The van der Waals surface area contributed by atoms with Crippen LogP contribution in [0.25, 0.3) is 0 Å². The van der Waals surface area contributed by atoms with E-state index in [0.717, 1.165) is 11.3 Å². The number of anilines is 1. The number of benzene rings is 1. The molecule has 0 heterocycles. The van der Waals surface area contributed by atoms with Crippen LogP contribution < -0.4 is 4.90 Å². The van der Waals surface area contributed by atoms with E-state index < -0.39 is 6.10 Å². The third-order valence-corrected chi connectivity index (χ3v) is 3.22. The van der Waals surface area contributed by atoms with Crippen molar-refractivity contribution in [1.82, 2.24) is 0 Å². The van der Waals surface area contributed by atoms with Crippen LogP contribution in [0.5, 0.6) is 0 Å². The Morgan fingerprint density at radius 3 is 2.59 bits per heavy atom. The molecule has 0 aliphatic carbocycles. The lowest BCUT2D eigenvalue weighted by atomic mass is 10.1. The van der Waals surface area contributed by atoms with E-state index in [9.17, 15) is 5.11 Å². The molecule has 1 aromatic carbocycles. The van der Waals surface area contributed by atoms with Gasteiger partial charge in [-0.3, -0.25) is 0 Å². The van der Waals surface area contributed by atoms with Gasteiger partial charge in [-0.25, -0.2) is 0 Å². The lowest BCUT2D eigenvalue weighted by Crippen LogP contribution is -2.28. The summed E-state index contributed by atoms with van der Waals surface area (Å²) in [5.41, 5.74) is 1.67. The standard InChI is InChI=1S/C13H17ClN2O/c1-9(6-7-15)16(3)11-4-5-12(10(2)17)13(14)8-11/h4-5,8-10,17H,6H2,1-3H3. The smallest absolute Gasteiger partial charge is 0.0776 e. The van der Waals surface area contributed by atoms with E-state index >= 15 is 0 Å². The van der Waals surface area contributed by atoms with Gasteiger partial charge in [-0.05, 0) is 31.5 Å². The Bertz CT molecular complexity index is 426. The van der Waals surface area contributed by atoms with Crippen molar-refractivity contribution in [3.63, 3.8) is 0 Å². The van der Waals surface area contributed by atoms with Gasteiger partial charge >= 0.3 is 0 Å².